The van der Waals surface area contributed by atoms with Gasteiger partial charge in [0.15, 0.2) is 5.96 Å². The molecule has 0 atom stereocenters. The smallest absolute Gasteiger partial charge is 0.234 e. The number of aromatic nitrogens is 1. The molecule has 0 aliphatic carbocycles. The standard InChI is InChI=1S/C16H28N6O3.HI/c1-3-17-16(19-12-14-4-10-25-20-14)22-8-6-21(7-9-22)13-15(23)18-5-11-24-2;/h4,10H,3,5-9,11-13H2,1-2H3,(H,17,19)(H,18,23);1H. The van der Waals surface area contributed by atoms with E-state index in [0.717, 1.165) is 44.4 Å². The average molecular weight is 480 g/mol. The Balaban J connectivity index is 0.00000338. The molecule has 0 radical (unpaired) electrons. The van der Waals surface area contributed by atoms with Gasteiger partial charge in [0.05, 0.1) is 19.7 Å². The van der Waals surface area contributed by atoms with Gasteiger partial charge >= 0.3 is 0 Å². The second-order valence-electron chi connectivity index (χ2n) is 5.77. The van der Waals surface area contributed by atoms with Crippen molar-refractivity contribution in [2.45, 2.75) is 13.5 Å². The number of rotatable bonds is 8. The Morgan fingerprint density at radius 1 is 1.35 bits per heavy atom. The molecule has 1 fully saturated rings. The van der Waals surface area contributed by atoms with Gasteiger partial charge < -0.3 is 24.8 Å². The lowest BCUT2D eigenvalue weighted by atomic mass is 10.3. The molecular weight excluding hydrogens is 451 g/mol. The van der Waals surface area contributed by atoms with E-state index in [2.05, 4.69) is 30.6 Å². The summed E-state index contributed by atoms with van der Waals surface area (Å²) in [6.45, 7) is 8.16. The molecule has 2 N–H and O–H groups in total. The summed E-state index contributed by atoms with van der Waals surface area (Å²) in [5.41, 5.74) is 0.807. The highest BCUT2D eigenvalue weighted by Gasteiger charge is 2.21. The van der Waals surface area contributed by atoms with Gasteiger partial charge in [-0.3, -0.25) is 9.69 Å². The lowest BCUT2D eigenvalue weighted by molar-refractivity contribution is -0.122. The average Bonchev–Trinajstić information content (AvgIpc) is 3.13. The summed E-state index contributed by atoms with van der Waals surface area (Å²) in [5.74, 6) is 0.909. The van der Waals surface area contributed by atoms with Crippen molar-refractivity contribution in [1.82, 2.24) is 25.6 Å². The van der Waals surface area contributed by atoms with Crippen LogP contribution in [0.3, 0.4) is 0 Å². The molecule has 1 aliphatic rings. The SMILES string of the molecule is CCNC(=NCc1ccon1)N1CCN(CC(=O)NCCOC)CC1.I. The summed E-state index contributed by atoms with van der Waals surface area (Å²) >= 11 is 0. The van der Waals surface area contributed by atoms with Crippen molar-refractivity contribution in [3.63, 3.8) is 0 Å². The number of carbonyl (C=O) groups excluding carboxylic acids is 1. The van der Waals surface area contributed by atoms with Crippen LogP contribution in [0.4, 0.5) is 0 Å². The number of hydrogen-bond donors (Lipinski definition) is 2. The number of aliphatic imine (C=N–C) groups is 1. The maximum Gasteiger partial charge on any atom is 0.234 e. The molecule has 9 nitrogen and oxygen atoms in total. The third-order valence-electron chi connectivity index (χ3n) is 3.88. The Kier molecular flexibility index (Phi) is 11.2. The molecule has 26 heavy (non-hydrogen) atoms. The molecule has 0 spiro atoms. The Labute approximate surface area is 171 Å². The number of nitrogens with zero attached hydrogens (tertiary/aromatic N) is 4. The Morgan fingerprint density at radius 2 is 2.12 bits per heavy atom. The first-order valence-electron chi connectivity index (χ1n) is 8.63. The number of carbonyl (C=O) groups is 1. The van der Waals surface area contributed by atoms with Crippen molar-refractivity contribution in [2.75, 3.05) is 59.5 Å². The highest BCUT2D eigenvalue weighted by atomic mass is 127. The number of amides is 1. The minimum Gasteiger partial charge on any atom is -0.383 e. The maximum absolute atomic E-state index is 11.9. The molecule has 1 saturated heterocycles. The van der Waals surface area contributed by atoms with E-state index in [1.54, 1.807) is 13.4 Å². The molecule has 2 heterocycles. The van der Waals surface area contributed by atoms with Gasteiger partial charge in [-0.05, 0) is 6.92 Å². The van der Waals surface area contributed by atoms with Crippen molar-refractivity contribution in [2.24, 2.45) is 4.99 Å². The van der Waals surface area contributed by atoms with Crippen LogP contribution in [0.25, 0.3) is 0 Å². The van der Waals surface area contributed by atoms with Crippen molar-refractivity contribution in [3.8, 4) is 0 Å². The predicted molar refractivity (Wildman–Crippen MR) is 110 cm³/mol. The first kappa shape index (κ1) is 22.6. The molecule has 0 bridgehead atoms. The summed E-state index contributed by atoms with van der Waals surface area (Å²) in [7, 11) is 1.62. The van der Waals surface area contributed by atoms with Crippen LogP contribution in [0, 0.1) is 0 Å². The van der Waals surface area contributed by atoms with Crippen LogP contribution in [-0.2, 0) is 16.1 Å². The Bertz CT molecular complexity index is 532. The second kappa shape index (κ2) is 12.9. The first-order chi connectivity index (χ1) is 12.2. The molecule has 1 aromatic rings. The van der Waals surface area contributed by atoms with Crippen molar-refractivity contribution >= 4 is 35.8 Å². The van der Waals surface area contributed by atoms with Crippen LogP contribution >= 0.6 is 24.0 Å². The van der Waals surface area contributed by atoms with Gasteiger partial charge in [0.2, 0.25) is 5.91 Å². The lowest BCUT2D eigenvalue weighted by Gasteiger charge is -2.36. The van der Waals surface area contributed by atoms with Crippen molar-refractivity contribution in [3.05, 3.63) is 18.0 Å². The summed E-state index contributed by atoms with van der Waals surface area (Å²) in [6, 6.07) is 1.81. The van der Waals surface area contributed by atoms with Crippen LogP contribution in [0.2, 0.25) is 0 Å². The lowest BCUT2D eigenvalue weighted by Crippen LogP contribution is -2.54. The molecule has 0 saturated carbocycles. The van der Waals surface area contributed by atoms with Crippen molar-refractivity contribution in [1.29, 1.82) is 0 Å². The largest absolute Gasteiger partial charge is 0.383 e. The minimum atomic E-state index is 0. The quantitative estimate of drug-likeness (QED) is 0.237. The summed E-state index contributed by atoms with van der Waals surface area (Å²) < 4.78 is 9.76. The van der Waals surface area contributed by atoms with Crippen LogP contribution < -0.4 is 10.6 Å². The van der Waals surface area contributed by atoms with Gasteiger partial charge in [0, 0.05) is 52.4 Å². The number of methoxy groups -OCH3 is 1. The van der Waals surface area contributed by atoms with Gasteiger partial charge in [-0.25, -0.2) is 4.99 Å². The number of ether oxygens (including phenoxy) is 1. The number of guanidine groups is 1. The molecule has 10 heteroatoms. The maximum atomic E-state index is 11.9. The topological polar surface area (TPSA) is 95.2 Å². The van der Waals surface area contributed by atoms with Crippen LogP contribution in [0.1, 0.15) is 12.6 Å². The zero-order chi connectivity index (χ0) is 17.9. The summed E-state index contributed by atoms with van der Waals surface area (Å²) in [6.07, 6.45) is 1.55. The normalized spacial score (nSPS) is 15.5. The van der Waals surface area contributed by atoms with Gasteiger partial charge in [-0.15, -0.1) is 24.0 Å². The first-order valence-corrected chi connectivity index (χ1v) is 8.63. The van der Waals surface area contributed by atoms with E-state index in [9.17, 15) is 4.79 Å². The second-order valence-corrected chi connectivity index (χ2v) is 5.77. The monoisotopic (exact) mass is 480 g/mol. The fourth-order valence-electron chi connectivity index (χ4n) is 2.57. The molecule has 148 valence electrons. The molecular formula is C16H29IN6O3. The van der Waals surface area contributed by atoms with E-state index < -0.39 is 0 Å². The van der Waals surface area contributed by atoms with E-state index >= 15 is 0 Å². The highest BCUT2D eigenvalue weighted by Crippen LogP contribution is 2.04. The van der Waals surface area contributed by atoms with Gasteiger partial charge in [0.1, 0.15) is 12.0 Å². The van der Waals surface area contributed by atoms with E-state index in [-0.39, 0.29) is 29.9 Å². The van der Waals surface area contributed by atoms with E-state index in [4.69, 9.17) is 9.26 Å². The fourth-order valence-corrected chi connectivity index (χ4v) is 2.57. The molecule has 0 aromatic carbocycles. The van der Waals surface area contributed by atoms with E-state index in [1.165, 1.54) is 0 Å². The number of piperazine rings is 1. The minimum absolute atomic E-state index is 0. The third kappa shape index (κ3) is 7.87. The van der Waals surface area contributed by atoms with Gasteiger partial charge in [-0.2, -0.15) is 0 Å². The summed E-state index contributed by atoms with van der Waals surface area (Å²) in [4.78, 5) is 20.8. The van der Waals surface area contributed by atoms with Gasteiger partial charge in [-0.1, -0.05) is 5.16 Å². The fraction of sp³-hybridized carbons (Fsp3) is 0.688. The van der Waals surface area contributed by atoms with Crippen LogP contribution in [0.5, 0.6) is 0 Å². The number of halogens is 1. The zero-order valence-corrected chi connectivity index (χ0v) is 17.8. The zero-order valence-electron chi connectivity index (χ0n) is 15.4. The van der Waals surface area contributed by atoms with Gasteiger partial charge in [0.25, 0.3) is 0 Å². The predicted octanol–water partition coefficient (Wildman–Crippen LogP) is 0.138. The summed E-state index contributed by atoms with van der Waals surface area (Å²) in [5, 5.41) is 10.0. The third-order valence-corrected chi connectivity index (χ3v) is 3.88. The molecule has 0 unspecified atom stereocenters. The molecule has 1 amide bonds. The molecule has 2 rings (SSSR count). The van der Waals surface area contributed by atoms with Crippen LogP contribution in [-0.4, -0.2) is 86.4 Å². The van der Waals surface area contributed by atoms with E-state index in [0.29, 0.717) is 26.2 Å². The molecule has 1 aromatic heterocycles. The Hall–Kier alpha value is -1.40. The van der Waals surface area contributed by atoms with Crippen LogP contribution in [0.15, 0.2) is 21.8 Å². The number of nitrogens with one attached hydrogen (secondary N) is 2. The Morgan fingerprint density at radius 3 is 2.73 bits per heavy atom. The molecule has 1 aliphatic heterocycles. The number of hydrogen-bond acceptors (Lipinski definition) is 6. The highest BCUT2D eigenvalue weighted by molar-refractivity contribution is 14.0. The van der Waals surface area contributed by atoms with E-state index in [1.807, 2.05) is 13.0 Å². The van der Waals surface area contributed by atoms with Crippen molar-refractivity contribution < 1.29 is 14.1 Å².